The molecular weight excluding hydrogens is 168 g/mol. The molecule has 2 fully saturated rings. The van der Waals surface area contributed by atoms with Gasteiger partial charge in [0.2, 0.25) is 0 Å². The van der Waals surface area contributed by atoms with E-state index in [2.05, 4.69) is 10.5 Å². The molecular formula is C9H14N2O2. The summed E-state index contributed by atoms with van der Waals surface area (Å²) in [4.78, 5) is 10.2. The van der Waals surface area contributed by atoms with Gasteiger partial charge in [-0.15, -0.1) is 0 Å². The minimum atomic E-state index is -0.854. The van der Waals surface area contributed by atoms with Gasteiger partial charge in [0.25, 0.3) is 0 Å². The average Bonchev–Trinajstić information content (AvgIpc) is 2.64. The number of hydrogen-bond acceptors (Lipinski definition) is 3. The molecule has 0 aromatic heterocycles. The Kier molecular flexibility index (Phi) is 2.20. The summed E-state index contributed by atoms with van der Waals surface area (Å²) in [5.74, 6) is 0.620. The van der Waals surface area contributed by atoms with Gasteiger partial charge in [0.05, 0.1) is 0 Å². The van der Waals surface area contributed by atoms with Crippen molar-refractivity contribution in [3.8, 4) is 0 Å². The van der Waals surface area contributed by atoms with Gasteiger partial charge >= 0.3 is 5.97 Å². The average molecular weight is 182 g/mol. The van der Waals surface area contributed by atoms with Crippen LogP contribution in [0.25, 0.3) is 0 Å². The van der Waals surface area contributed by atoms with Crippen LogP contribution in [-0.4, -0.2) is 23.3 Å². The number of fused-ring (bicyclic) bond motifs is 2. The van der Waals surface area contributed by atoms with E-state index in [-0.39, 0.29) is 6.54 Å². The van der Waals surface area contributed by atoms with Crippen LogP contribution in [0.15, 0.2) is 5.10 Å². The van der Waals surface area contributed by atoms with Crippen molar-refractivity contribution in [2.45, 2.75) is 25.7 Å². The van der Waals surface area contributed by atoms with E-state index in [0.717, 1.165) is 12.3 Å². The maximum absolute atomic E-state index is 10.2. The molecule has 0 radical (unpaired) electrons. The topological polar surface area (TPSA) is 61.7 Å². The second-order valence-corrected chi connectivity index (χ2v) is 3.91. The quantitative estimate of drug-likeness (QED) is 0.636. The lowest BCUT2D eigenvalue weighted by Crippen LogP contribution is -2.21. The van der Waals surface area contributed by atoms with Crippen molar-refractivity contribution >= 4 is 11.7 Å². The summed E-state index contributed by atoms with van der Waals surface area (Å²) in [5, 5.41) is 12.5. The van der Waals surface area contributed by atoms with Gasteiger partial charge in [-0.05, 0) is 37.5 Å². The van der Waals surface area contributed by atoms with Crippen molar-refractivity contribution in [1.29, 1.82) is 0 Å². The first-order valence-corrected chi connectivity index (χ1v) is 4.77. The predicted octanol–water partition coefficient (Wildman–Crippen LogP) is 0.837. The third-order valence-electron chi connectivity index (χ3n) is 2.96. The minimum absolute atomic E-state index is 0.0686. The molecule has 0 aromatic carbocycles. The maximum Gasteiger partial charge on any atom is 0.324 e. The molecule has 0 aliphatic heterocycles. The number of hydrazone groups is 1. The smallest absolute Gasteiger partial charge is 0.324 e. The van der Waals surface area contributed by atoms with Crippen LogP contribution in [0.1, 0.15) is 25.7 Å². The van der Waals surface area contributed by atoms with Gasteiger partial charge in [0.15, 0.2) is 0 Å². The molecule has 0 saturated heterocycles. The Bertz CT molecular complexity index is 250. The van der Waals surface area contributed by atoms with Crippen molar-refractivity contribution < 1.29 is 9.90 Å². The largest absolute Gasteiger partial charge is 0.480 e. The number of rotatable bonds is 3. The van der Waals surface area contributed by atoms with E-state index in [1.807, 2.05) is 0 Å². The van der Waals surface area contributed by atoms with E-state index in [1.165, 1.54) is 25.0 Å². The molecule has 13 heavy (non-hydrogen) atoms. The van der Waals surface area contributed by atoms with E-state index in [0.29, 0.717) is 5.92 Å². The SMILES string of the molecule is O=C(O)CN/N=C1\CC2CCC1C2. The van der Waals surface area contributed by atoms with Crippen molar-refractivity contribution in [2.24, 2.45) is 16.9 Å². The molecule has 2 N–H and O–H groups in total. The van der Waals surface area contributed by atoms with Crippen LogP contribution in [0, 0.1) is 11.8 Å². The Morgan fingerprint density at radius 1 is 1.62 bits per heavy atom. The van der Waals surface area contributed by atoms with Crippen molar-refractivity contribution in [3.05, 3.63) is 0 Å². The third kappa shape index (κ3) is 1.82. The molecule has 0 aromatic rings. The molecule has 0 heterocycles. The van der Waals surface area contributed by atoms with Gasteiger partial charge in [-0.1, -0.05) is 0 Å². The van der Waals surface area contributed by atoms with Crippen LogP contribution in [0.2, 0.25) is 0 Å². The monoisotopic (exact) mass is 182 g/mol. The molecule has 4 heteroatoms. The van der Waals surface area contributed by atoms with Crippen LogP contribution in [0.4, 0.5) is 0 Å². The van der Waals surface area contributed by atoms with Crippen molar-refractivity contribution in [1.82, 2.24) is 5.43 Å². The van der Waals surface area contributed by atoms with Crippen molar-refractivity contribution in [3.63, 3.8) is 0 Å². The number of hydrogen-bond donors (Lipinski definition) is 2. The zero-order chi connectivity index (χ0) is 9.26. The highest BCUT2D eigenvalue weighted by molar-refractivity contribution is 5.89. The number of aliphatic carboxylic acids is 1. The highest BCUT2D eigenvalue weighted by Gasteiger charge is 2.36. The van der Waals surface area contributed by atoms with Crippen LogP contribution >= 0.6 is 0 Å². The Morgan fingerprint density at radius 2 is 2.46 bits per heavy atom. The molecule has 2 aliphatic carbocycles. The van der Waals surface area contributed by atoms with Crippen LogP contribution in [0.3, 0.4) is 0 Å². The molecule has 4 nitrogen and oxygen atoms in total. The Balaban J connectivity index is 1.84. The number of carbonyl (C=O) groups is 1. The van der Waals surface area contributed by atoms with Crippen molar-refractivity contribution in [2.75, 3.05) is 6.54 Å². The Labute approximate surface area is 77.0 Å². The highest BCUT2D eigenvalue weighted by atomic mass is 16.4. The van der Waals surface area contributed by atoms with E-state index in [9.17, 15) is 4.79 Å². The number of carboxylic acid groups (broad SMARTS) is 1. The summed E-state index contributed by atoms with van der Waals surface area (Å²) in [5.41, 5.74) is 3.79. The normalized spacial score (nSPS) is 34.0. The highest BCUT2D eigenvalue weighted by Crippen LogP contribution is 2.42. The van der Waals surface area contributed by atoms with Gasteiger partial charge in [0.1, 0.15) is 6.54 Å². The lowest BCUT2D eigenvalue weighted by molar-refractivity contribution is -0.135. The fourth-order valence-corrected chi connectivity index (χ4v) is 2.37. The van der Waals surface area contributed by atoms with Crippen LogP contribution in [-0.2, 0) is 4.79 Å². The maximum atomic E-state index is 10.2. The second-order valence-electron chi connectivity index (χ2n) is 3.91. The zero-order valence-corrected chi connectivity index (χ0v) is 7.49. The first-order valence-electron chi connectivity index (χ1n) is 4.77. The number of nitrogens with one attached hydrogen (secondary N) is 1. The molecule has 0 spiro atoms. The lowest BCUT2D eigenvalue weighted by Gasteiger charge is -2.11. The fourth-order valence-electron chi connectivity index (χ4n) is 2.37. The van der Waals surface area contributed by atoms with E-state index >= 15 is 0 Å². The standard InChI is InChI=1S/C9H14N2O2/c12-9(13)5-10-11-8-4-6-1-2-7(8)3-6/h6-7,10H,1-5H2,(H,12,13)/b11-8+. The molecule has 0 amide bonds. The molecule has 2 unspecified atom stereocenters. The first kappa shape index (κ1) is 8.53. The summed E-state index contributed by atoms with van der Waals surface area (Å²) in [7, 11) is 0. The number of nitrogens with zero attached hydrogens (tertiary/aromatic N) is 1. The van der Waals surface area contributed by atoms with Gasteiger partial charge in [-0.3, -0.25) is 10.2 Å². The first-order chi connectivity index (χ1) is 6.25. The van der Waals surface area contributed by atoms with E-state index < -0.39 is 5.97 Å². The Hall–Kier alpha value is -1.06. The van der Waals surface area contributed by atoms with Crippen LogP contribution in [0.5, 0.6) is 0 Å². The lowest BCUT2D eigenvalue weighted by atomic mass is 9.99. The van der Waals surface area contributed by atoms with Gasteiger partial charge in [0, 0.05) is 5.71 Å². The Morgan fingerprint density at radius 3 is 3.00 bits per heavy atom. The molecule has 2 bridgehead atoms. The fraction of sp³-hybridized carbons (Fsp3) is 0.778. The van der Waals surface area contributed by atoms with Crippen LogP contribution < -0.4 is 5.43 Å². The summed E-state index contributed by atoms with van der Waals surface area (Å²) < 4.78 is 0. The van der Waals surface area contributed by atoms with Gasteiger partial charge < -0.3 is 5.11 Å². The molecule has 2 saturated carbocycles. The summed E-state index contributed by atoms with van der Waals surface area (Å²) in [6.07, 6.45) is 4.94. The second kappa shape index (κ2) is 3.36. The molecule has 72 valence electrons. The van der Waals surface area contributed by atoms with Gasteiger partial charge in [-0.2, -0.15) is 5.10 Å². The summed E-state index contributed by atoms with van der Waals surface area (Å²) in [6.45, 7) is -0.0686. The van der Waals surface area contributed by atoms with E-state index in [4.69, 9.17) is 5.11 Å². The molecule has 2 rings (SSSR count). The predicted molar refractivity (Wildman–Crippen MR) is 48.5 cm³/mol. The summed E-state index contributed by atoms with van der Waals surface area (Å²) in [6, 6.07) is 0. The molecule has 2 atom stereocenters. The van der Waals surface area contributed by atoms with Gasteiger partial charge in [-0.25, -0.2) is 0 Å². The summed E-state index contributed by atoms with van der Waals surface area (Å²) >= 11 is 0. The third-order valence-corrected chi connectivity index (χ3v) is 2.96. The zero-order valence-electron chi connectivity index (χ0n) is 7.49. The van der Waals surface area contributed by atoms with E-state index in [1.54, 1.807) is 0 Å². The number of carboxylic acids is 1. The molecule has 2 aliphatic rings. The minimum Gasteiger partial charge on any atom is -0.480 e.